The molecule has 0 aliphatic carbocycles. The Morgan fingerprint density at radius 3 is 2.36 bits per heavy atom. The van der Waals surface area contributed by atoms with Crippen LogP contribution in [0.15, 0.2) is 48.5 Å². The van der Waals surface area contributed by atoms with Gasteiger partial charge in [0.15, 0.2) is 6.10 Å². The molecular weight excluding hydrogens is 438 g/mol. The number of hydrogen-bond acceptors (Lipinski definition) is 5. The minimum absolute atomic E-state index is 0.192. The summed E-state index contributed by atoms with van der Waals surface area (Å²) in [5.74, 6) is 0.983. The highest BCUT2D eigenvalue weighted by Gasteiger charge is 2.30. The number of hydrogen-bond donors (Lipinski definition) is 1. The van der Waals surface area contributed by atoms with Crippen LogP contribution in [0.4, 0.5) is 5.69 Å². The number of para-hydroxylation sites is 2. The fourth-order valence-corrected chi connectivity index (χ4v) is 5.35. The first-order chi connectivity index (χ1) is 15.8. The number of sulfonamides is 1. The summed E-state index contributed by atoms with van der Waals surface area (Å²) in [7, 11) is -3.47. The number of carbonyl (C=O) groups excluding carboxylic acids is 1. The summed E-state index contributed by atoms with van der Waals surface area (Å²) in [5.41, 5.74) is 2.77. The SMILES string of the molecule is CC1CCN(Cc2ccc(CNC(=O)C3CCN(S(C)(=O)=O)c4ccccc4O3)cc2)CC1. The molecule has 1 amide bonds. The molecule has 0 radical (unpaired) electrons. The maximum absolute atomic E-state index is 12.8. The van der Waals surface area contributed by atoms with Crippen molar-refractivity contribution in [2.45, 2.75) is 45.4 Å². The lowest BCUT2D eigenvalue weighted by atomic mass is 9.99. The molecule has 2 aliphatic rings. The Balaban J connectivity index is 1.33. The topological polar surface area (TPSA) is 79.0 Å². The number of rotatable bonds is 6. The van der Waals surface area contributed by atoms with Crippen molar-refractivity contribution in [1.29, 1.82) is 0 Å². The van der Waals surface area contributed by atoms with Crippen LogP contribution in [0.1, 0.15) is 37.3 Å². The molecule has 178 valence electrons. The number of carbonyl (C=O) groups is 1. The summed E-state index contributed by atoms with van der Waals surface area (Å²) < 4.78 is 31.7. The number of likely N-dealkylation sites (tertiary alicyclic amines) is 1. The number of nitrogens with zero attached hydrogens (tertiary/aromatic N) is 2. The summed E-state index contributed by atoms with van der Waals surface area (Å²) in [4.78, 5) is 15.3. The van der Waals surface area contributed by atoms with Crippen molar-refractivity contribution in [2.24, 2.45) is 5.92 Å². The fraction of sp³-hybridized carbons (Fsp3) is 0.480. The highest BCUT2D eigenvalue weighted by molar-refractivity contribution is 7.92. The van der Waals surface area contributed by atoms with E-state index in [1.54, 1.807) is 24.3 Å². The van der Waals surface area contributed by atoms with Gasteiger partial charge in [0.05, 0.1) is 11.9 Å². The number of piperidine rings is 1. The molecule has 8 heteroatoms. The first-order valence-corrected chi connectivity index (χ1v) is 13.5. The number of nitrogens with one attached hydrogen (secondary N) is 1. The van der Waals surface area contributed by atoms with Gasteiger partial charge in [0.25, 0.3) is 5.91 Å². The summed E-state index contributed by atoms with van der Waals surface area (Å²) in [6, 6.07) is 15.3. The van der Waals surface area contributed by atoms with Gasteiger partial charge >= 0.3 is 0 Å². The smallest absolute Gasteiger partial charge is 0.261 e. The largest absolute Gasteiger partial charge is 0.478 e. The highest BCUT2D eigenvalue weighted by atomic mass is 32.2. The molecular formula is C25H33N3O4S. The number of anilines is 1. The molecule has 2 aliphatic heterocycles. The lowest BCUT2D eigenvalue weighted by molar-refractivity contribution is -0.128. The summed E-state index contributed by atoms with van der Waals surface area (Å²) in [5, 5.41) is 2.94. The van der Waals surface area contributed by atoms with Gasteiger partial charge in [-0.25, -0.2) is 8.42 Å². The third-order valence-electron chi connectivity index (χ3n) is 6.46. The Hall–Kier alpha value is -2.58. The number of amides is 1. The number of benzene rings is 2. The molecule has 2 heterocycles. The Morgan fingerprint density at radius 2 is 1.67 bits per heavy atom. The quantitative estimate of drug-likeness (QED) is 0.700. The van der Waals surface area contributed by atoms with Gasteiger partial charge in [0, 0.05) is 26.1 Å². The molecule has 1 N–H and O–H groups in total. The van der Waals surface area contributed by atoms with E-state index >= 15 is 0 Å². The van der Waals surface area contributed by atoms with Crippen LogP contribution >= 0.6 is 0 Å². The Kier molecular flexibility index (Phi) is 7.24. The van der Waals surface area contributed by atoms with Crippen molar-refractivity contribution in [1.82, 2.24) is 10.2 Å². The fourth-order valence-electron chi connectivity index (χ4n) is 4.40. The van der Waals surface area contributed by atoms with Crippen molar-refractivity contribution in [3.05, 3.63) is 59.7 Å². The van der Waals surface area contributed by atoms with Crippen molar-refractivity contribution >= 4 is 21.6 Å². The molecule has 0 aromatic heterocycles. The summed E-state index contributed by atoms with van der Waals surface area (Å²) in [6.07, 6.45) is 3.22. The second-order valence-corrected chi connectivity index (χ2v) is 11.1. The van der Waals surface area contributed by atoms with E-state index in [1.807, 2.05) is 0 Å². The minimum Gasteiger partial charge on any atom is -0.478 e. The van der Waals surface area contributed by atoms with E-state index in [4.69, 9.17) is 4.74 Å². The molecule has 2 aromatic rings. The van der Waals surface area contributed by atoms with Gasteiger partial charge in [0.2, 0.25) is 10.0 Å². The average Bonchev–Trinajstić information content (AvgIpc) is 3.00. The Labute approximate surface area is 196 Å². The molecule has 1 atom stereocenters. The molecule has 1 fully saturated rings. The van der Waals surface area contributed by atoms with Gasteiger partial charge in [-0.3, -0.25) is 14.0 Å². The van der Waals surface area contributed by atoms with Crippen molar-refractivity contribution in [2.75, 3.05) is 30.2 Å². The molecule has 7 nitrogen and oxygen atoms in total. The lowest BCUT2D eigenvalue weighted by Crippen LogP contribution is -2.39. The molecule has 0 saturated carbocycles. The Morgan fingerprint density at radius 1 is 1.00 bits per heavy atom. The van der Waals surface area contributed by atoms with Gasteiger partial charge in [-0.15, -0.1) is 0 Å². The van der Waals surface area contributed by atoms with E-state index in [9.17, 15) is 13.2 Å². The molecule has 0 bridgehead atoms. The molecule has 33 heavy (non-hydrogen) atoms. The van der Waals surface area contributed by atoms with Gasteiger partial charge < -0.3 is 10.1 Å². The predicted octanol–water partition coefficient (Wildman–Crippen LogP) is 3.15. The predicted molar refractivity (Wildman–Crippen MR) is 130 cm³/mol. The molecule has 4 rings (SSSR count). The van der Waals surface area contributed by atoms with Crippen LogP contribution in [0.2, 0.25) is 0 Å². The van der Waals surface area contributed by atoms with Crippen LogP contribution < -0.4 is 14.4 Å². The minimum atomic E-state index is -3.47. The van der Waals surface area contributed by atoms with Gasteiger partial charge in [-0.05, 0) is 55.1 Å². The van der Waals surface area contributed by atoms with E-state index in [0.29, 0.717) is 18.0 Å². The van der Waals surface area contributed by atoms with Crippen LogP contribution in [0, 0.1) is 5.92 Å². The van der Waals surface area contributed by atoms with E-state index in [2.05, 4.69) is 41.4 Å². The second-order valence-electron chi connectivity index (χ2n) is 9.19. The molecule has 1 unspecified atom stereocenters. The summed E-state index contributed by atoms with van der Waals surface area (Å²) >= 11 is 0. The van der Waals surface area contributed by atoms with Crippen LogP contribution in [0.25, 0.3) is 0 Å². The van der Waals surface area contributed by atoms with E-state index < -0.39 is 16.1 Å². The number of ether oxygens (including phenoxy) is 1. The zero-order valence-electron chi connectivity index (χ0n) is 19.4. The Bertz CT molecular complexity index is 1060. The maximum Gasteiger partial charge on any atom is 0.261 e. The van der Waals surface area contributed by atoms with Crippen molar-refractivity contribution < 1.29 is 17.9 Å². The van der Waals surface area contributed by atoms with Gasteiger partial charge in [-0.1, -0.05) is 43.3 Å². The first-order valence-electron chi connectivity index (χ1n) is 11.6. The lowest BCUT2D eigenvalue weighted by Gasteiger charge is -2.30. The zero-order valence-corrected chi connectivity index (χ0v) is 20.2. The normalized spacial score (nSPS) is 19.9. The van der Waals surface area contributed by atoms with Crippen LogP contribution in [-0.4, -0.2) is 51.2 Å². The van der Waals surface area contributed by atoms with Crippen molar-refractivity contribution in [3.63, 3.8) is 0 Å². The zero-order chi connectivity index (χ0) is 23.4. The van der Waals surface area contributed by atoms with E-state index in [-0.39, 0.29) is 18.9 Å². The molecule has 2 aromatic carbocycles. The monoisotopic (exact) mass is 471 g/mol. The van der Waals surface area contributed by atoms with Crippen molar-refractivity contribution in [3.8, 4) is 5.75 Å². The maximum atomic E-state index is 12.8. The standard InChI is InChI=1S/C25H33N3O4S/c1-19-11-14-27(15-12-19)18-21-9-7-20(8-10-21)17-26-25(29)24-13-16-28(33(2,30)31)22-5-3-4-6-23(22)32-24/h3-10,19,24H,11-18H2,1-2H3,(H,26,29). The highest BCUT2D eigenvalue weighted by Crippen LogP contribution is 2.33. The third-order valence-corrected chi connectivity index (χ3v) is 7.64. The van der Waals surface area contributed by atoms with E-state index in [0.717, 1.165) is 31.1 Å². The molecule has 1 saturated heterocycles. The van der Waals surface area contributed by atoms with E-state index in [1.165, 1.54) is 29.0 Å². The third kappa shape index (κ3) is 6.06. The van der Waals surface area contributed by atoms with Crippen LogP contribution in [-0.2, 0) is 27.9 Å². The number of fused-ring (bicyclic) bond motifs is 1. The van der Waals surface area contributed by atoms with Crippen LogP contribution in [0.3, 0.4) is 0 Å². The first kappa shape index (κ1) is 23.6. The second kappa shape index (κ2) is 10.1. The van der Waals surface area contributed by atoms with Gasteiger partial charge in [0.1, 0.15) is 5.75 Å². The average molecular weight is 472 g/mol. The molecule has 0 spiro atoms. The van der Waals surface area contributed by atoms with Crippen LogP contribution in [0.5, 0.6) is 5.75 Å². The summed E-state index contributed by atoms with van der Waals surface area (Å²) in [6.45, 7) is 6.18. The van der Waals surface area contributed by atoms with Gasteiger partial charge in [-0.2, -0.15) is 0 Å².